The third-order valence-electron chi connectivity index (χ3n) is 4.46. The Morgan fingerprint density at radius 1 is 1.12 bits per heavy atom. The van der Waals surface area contributed by atoms with Crippen molar-refractivity contribution >= 4 is 21.9 Å². The second kappa shape index (κ2) is 6.25. The van der Waals surface area contributed by atoms with Gasteiger partial charge in [-0.2, -0.15) is 5.10 Å². The maximum atomic E-state index is 12.5. The summed E-state index contributed by atoms with van der Waals surface area (Å²) in [5.41, 5.74) is 3.54. The fourth-order valence-electron chi connectivity index (χ4n) is 3.29. The second-order valence-electron chi connectivity index (χ2n) is 6.45. The van der Waals surface area contributed by atoms with Crippen LogP contribution in [0.4, 0.5) is 0 Å². The van der Waals surface area contributed by atoms with Gasteiger partial charge in [-0.1, -0.05) is 19.4 Å². The summed E-state index contributed by atoms with van der Waals surface area (Å²) in [7, 11) is 1.77. The monoisotopic (exact) mass is 349 g/mol. The molecule has 7 nitrogen and oxygen atoms in total. The molecule has 26 heavy (non-hydrogen) atoms. The van der Waals surface area contributed by atoms with Crippen molar-refractivity contribution in [2.75, 3.05) is 0 Å². The smallest absolute Gasteiger partial charge is 0.277 e. The number of aromatic nitrogens is 5. The van der Waals surface area contributed by atoms with Crippen LogP contribution in [0.2, 0.25) is 0 Å². The van der Waals surface area contributed by atoms with Crippen molar-refractivity contribution in [3.63, 3.8) is 0 Å². The molecule has 0 aliphatic heterocycles. The van der Waals surface area contributed by atoms with E-state index in [1.54, 1.807) is 17.8 Å². The third kappa shape index (κ3) is 2.81. The highest BCUT2D eigenvalue weighted by molar-refractivity contribution is 5.79. The molecule has 0 aliphatic carbocycles. The van der Waals surface area contributed by atoms with Gasteiger partial charge in [0.05, 0.1) is 5.69 Å². The fraction of sp³-hybridized carbons (Fsp3) is 0.263. The maximum Gasteiger partial charge on any atom is 0.277 e. The number of rotatable bonds is 4. The minimum absolute atomic E-state index is 0.123. The van der Waals surface area contributed by atoms with Gasteiger partial charge >= 0.3 is 0 Å². The highest BCUT2D eigenvalue weighted by Crippen LogP contribution is 2.17. The molecule has 0 bridgehead atoms. The van der Waals surface area contributed by atoms with Crippen LogP contribution in [0.3, 0.4) is 0 Å². The molecule has 4 aromatic rings. The summed E-state index contributed by atoms with van der Waals surface area (Å²) in [6.07, 6.45) is 2.23. The lowest BCUT2D eigenvalue weighted by molar-refractivity contribution is 0.750. The first-order valence-electron chi connectivity index (χ1n) is 8.62. The van der Waals surface area contributed by atoms with Gasteiger partial charge in [0.1, 0.15) is 11.3 Å². The largest absolute Gasteiger partial charge is 0.322 e. The Morgan fingerprint density at radius 2 is 1.96 bits per heavy atom. The average molecular weight is 349 g/mol. The molecule has 0 unspecified atom stereocenters. The molecule has 0 amide bonds. The number of pyridine rings is 1. The zero-order chi connectivity index (χ0) is 18.3. The van der Waals surface area contributed by atoms with E-state index in [0.29, 0.717) is 23.3 Å². The van der Waals surface area contributed by atoms with E-state index in [4.69, 9.17) is 0 Å². The van der Waals surface area contributed by atoms with Crippen molar-refractivity contribution in [3.05, 3.63) is 68.1 Å². The average Bonchev–Trinajstić information content (AvgIpc) is 2.91. The highest BCUT2D eigenvalue weighted by atomic mass is 16.1. The van der Waals surface area contributed by atoms with Crippen LogP contribution in [0, 0.1) is 0 Å². The molecule has 0 spiro atoms. The molecule has 1 aromatic carbocycles. The highest BCUT2D eigenvalue weighted by Gasteiger charge is 2.14. The number of nitrogens with zero attached hydrogens (tertiary/aromatic N) is 3. The van der Waals surface area contributed by atoms with Gasteiger partial charge in [0.2, 0.25) is 5.56 Å². The van der Waals surface area contributed by atoms with Crippen molar-refractivity contribution in [1.29, 1.82) is 0 Å². The zero-order valence-corrected chi connectivity index (χ0v) is 14.7. The first kappa shape index (κ1) is 16.3. The van der Waals surface area contributed by atoms with E-state index in [9.17, 15) is 9.59 Å². The number of fused-ring (bicyclic) bond motifs is 2. The van der Waals surface area contributed by atoms with Crippen LogP contribution in [0.15, 0.2) is 39.9 Å². The van der Waals surface area contributed by atoms with Crippen LogP contribution in [0.25, 0.3) is 21.9 Å². The number of aromatic amines is 2. The molecule has 2 N–H and O–H groups in total. The summed E-state index contributed by atoms with van der Waals surface area (Å²) in [6.45, 7) is 2.08. The summed E-state index contributed by atoms with van der Waals surface area (Å²) < 4.78 is 1.60. The van der Waals surface area contributed by atoms with Crippen LogP contribution >= 0.6 is 0 Å². The number of aryl methyl sites for hydroxylation is 2. The molecule has 7 heteroatoms. The molecule has 0 saturated carbocycles. The number of hydrogen-bond donors (Lipinski definition) is 2. The van der Waals surface area contributed by atoms with Crippen molar-refractivity contribution in [1.82, 2.24) is 24.7 Å². The number of nitrogens with one attached hydrogen (secondary N) is 2. The predicted molar refractivity (Wildman–Crippen MR) is 100 cm³/mol. The van der Waals surface area contributed by atoms with Crippen LogP contribution in [0.1, 0.15) is 30.4 Å². The summed E-state index contributed by atoms with van der Waals surface area (Å²) >= 11 is 0. The summed E-state index contributed by atoms with van der Waals surface area (Å²) in [5.74, 6) is 0.608. The van der Waals surface area contributed by atoms with Crippen molar-refractivity contribution < 1.29 is 0 Å². The molecule has 3 heterocycles. The molecular formula is C19H19N5O2. The molecular weight excluding hydrogens is 330 g/mol. The lowest BCUT2D eigenvalue weighted by Crippen LogP contribution is -2.14. The maximum absolute atomic E-state index is 12.5. The lowest BCUT2D eigenvalue weighted by Gasteiger charge is -2.04. The van der Waals surface area contributed by atoms with E-state index in [1.165, 1.54) is 6.07 Å². The van der Waals surface area contributed by atoms with E-state index in [0.717, 1.165) is 35.0 Å². The minimum Gasteiger partial charge on any atom is -0.322 e. The molecule has 0 saturated heterocycles. The van der Waals surface area contributed by atoms with Crippen LogP contribution in [-0.4, -0.2) is 24.7 Å². The third-order valence-corrected chi connectivity index (χ3v) is 4.46. The van der Waals surface area contributed by atoms with Gasteiger partial charge in [0.15, 0.2) is 5.52 Å². The molecule has 0 atom stereocenters. The Balaban J connectivity index is 1.77. The summed E-state index contributed by atoms with van der Waals surface area (Å²) in [4.78, 5) is 34.2. The van der Waals surface area contributed by atoms with Crippen molar-refractivity contribution in [3.8, 4) is 0 Å². The van der Waals surface area contributed by atoms with Gasteiger partial charge in [0.25, 0.3) is 5.56 Å². The zero-order valence-electron chi connectivity index (χ0n) is 14.7. The Morgan fingerprint density at radius 3 is 2.77 bits per heavy atom. The van der Waals surface area contributed by atoms with Crippen LogP contribution < -0.4 is 11.1 Å². The first-order valence-corrected chi connectivity index (χ1v) is 8.62. The van der Waals surface area contributed by atoms with Crippen molar-refractivity contribution in [2.24, 2.45) is 7.05 Å². The quantitative estimate of drug-likeness (QED) is 0.589. The van der Waals surface area contributed by atoms with E-state index >= 15 is 0 Å². The summed E-state index contributed by atoms with van der Waals surface area (Å²) in [5, 5.41) is 5.38. The Kier molecular flexibility index (Phi) is 3.91. The summed E-state index contributed by atoms with van der Waals surface area (Å²) in [6, 6.07) is 9.09. The Bertz CT molecular complexity index is 1230. The number of benzene rings is 1. The Hall–Kier alpha value is -3.22. The van der Waals surface area contributed by atoms with Crippen LogP contribution in [-0.2, 0) is 19.9 Å². The van der Waals surface area contributed by atoms with E-state index in [-0.39, 0.29) is 11.1 Å². The molecule has 0 fully saturated rings. The van der Waals surface area contributed by atoms with Gasteiger partial charge in [-0.05, 0) is 35.6 Å². The first-order chi connectivity index (χ1) is 12.5. The van der Waals surface area contributed by atoms with Gasteiger partial charge in [-0.25, -0.2) is 4.98 Å². The molecule has 3 aromatic heterocycles. The standard InChI is InChI=1S/C19H19N5O2/c1-3-4-14-17-18(24(2)23-14)19(26)22-15(21-17)10-11-5-7-13-12(9-11)6-8-16(25)20-13/h5-9H,3-4,10H2,1-2H3,(H,20,25)(H,21,22,26). The topological polar surface area (TPSA) is 96.4 Å². The number of H-pyrrole nitrogens is 2. The van der Waals surface area contributed by atoms with Crippen LogP contribution in [0.5, 0.6) is 0 Å². The molecule has 0 aliphatic rings. The molecule has 0 radical (unpaired) electrons. The van der Waals surface area contributed by atoms with Gasteiger partial charge in [-0.3, -0.25) is 14.3 Å². The number of hydrogen-bond acceptors (Lipinski definition) is 4. The lowest BCUT2D eigenvalue weighted by atomic mass is 10.1. The van der Waals surface area contributed by atoms with Crippen molar-refractivity contribution in [2.45, 2.75) is 26.2 Å². The minimum atomic E-state index is -0.174. The second-order valence-corrected chi connectivity index (χ2v) is 6.45. The molecule has 132 valence electrons. The Labute approximate surface area is 148 Å². The SMILES string of the molecule is CCCc1nn(C)c2c(=O)[nH]c(Cc3ccc4[nH]c(=O)ccc4c3)nc12. The van der Waals surface area contributed by atoms with E-state index < -0.39 is 0 Å². The molecule has 4 rings (SSSR count). The normalized spacial score (nSPS) is 11.5. The van der Waals surface area contributed by atoms with Gasteiger partial charge in [0, 0.05) is 25.1 Å². The van der Waals surface area contributed by atoms with E-state index in [2.05, 4.69) is 27.0 Å². The van der Waals surface area contributed by atoms with Gasteiger partial charge < -0.3 is 9.97 Å². The van der Waals surface area contributed by atoms with Gasteiger partial charge in [-0.15, -0.1) is 0 Å². The fourth-order valence-corrected chi connectivity index (χ4v) is 3.29. The van der Waals surface area contributed by atoms with E-state index in [1.807, 2.05) is 18.2 Å². The predicted octanol–water partition coefficient (Wildman–Crippen LogP) is 2.04.